The molecule has 0 atom stereocenters. The maximum absolute atomic E-state index is 14.1. The van der Waals surface area contributed by atoms with Gasteiger partial charge < -0.3 is 4.42 Å². The van der Waals surface area contributed by atoms with Gasteiger partial charge in [0.05, 0.1) is 23.0 Å². The summed E-state index contributed by atoms with van der Waals surface area (Å²) in [5.41, 5.74) is 0.734. The number of anilines is 1. The third kappa shape index (κ3) is 4.84. The molecule has 0 aliphatic carbocycles. The highest BCUT2D eigenvalue weighted by Gasteiger charge is 2.36. The Hall–Kier alpha value is -2.79. The number of amides is 1. The van der Waals surface area contributed by atoms with Gasteiger partial charge in [-0.05, 0) is 55.3 Å². The summed E-state index contributed by atoms with van der Waals surface area (Å²) in [6.45, 7) is 0.446. The third-order valence-electron chi connectivity index (χ3n) is 5.99. The van der Waals surface area contributed by atoms with Crippen LogP contribution in [0, 0.1) is 11.7 Å². The molecule has 2 aromatic carbocycles. The molecule has 0 unspecified atom stereocenters. The average Bonchev–Trinajstić information content (AvgIpc) is 3.52. The normalized spacial score (nSPS) is 15.5. The molecule has 182 valence electrons. The number of carbonyl (C=O) groups is 1. The van der Waals surface area contributed by atoms with E-state index >= 15 is 0 Å². The second kappa shape index (κ2) is 9.69. The molecule has 1 aliphatic rings. The fraction of sp³-hybridized carbons (Fsp3) is 0.250. The summed E-state index contributed by atoms with van der Waals surface area (Å²) < 4.78 is 47.6. The number of nitrogens with zero attached hydrogens (tertiary/aromatic N) is 3. The Labute approximate surface area is 210 Å². The minimum Gasteiger partial charge on any atom is -0.467 e. The number of piperidine rings is 1. The van der Waals surface area contributed by atoms with Crippen LogP contribution in [-0.4, -0.2) is 36.7 Å². The molecule has 5 rings (SSSR count). The van der Waals surface area contributed by atoms with E-state index in [-0.39, 0.29) is 30.4 Å². The van der Waals surface area contributed by atoms with Gasteiger partial charge in [-0.1, -0.05) is 35.1 Å². The molecule has 0 radical (unpaired) electrons. The van der Waals surface area contributed by atoms with Gasteiger partial charge in [0.25, 0.3) is 0 Å². The van der Waals surface area contributed by atoms with Crippen molar-refractivity contribution in [2.75, 3.05) is 18.0 Å². The van der Waals surface area contributed by atoms with Crippen molar-refractivity contribution in [1.82, 2.24) is 9.29 Å². The Kier molecular flexibility index (Phi) is 6.63. The van der Waals surface area contributed by atoms with Crippen LogP contribution in [0.2, 0.25) is 5.02 Å². The molecule has 11 heteroatoms. The van der Waals surface area contributed by atoms with E-state index in [9.17, 15) is 17.6 Å². The molecule has 1 amide bonds. The molecule has 4 aromatic rings. The average molecular weight is 534 g/mol. The SMILES string of the molecule is O=C(C1CCN(S(=O)(=O)c2ccccc2F)CC1)N(Cc1ccco1)c1nc2ccc(Cl)cc2s1. The summed E-state index contributed by atoms with van der Waals surface area (Å²) >= 11 is 7.47. The van der Waals surface area contributed by atoms with Crippen LogP contribution < -0.4 is 4.90 Å². The Balaban J connectivity index is 1.37. The quantitative estimate of drug-likeness (QED) is 0.335. The smallest absolute Gasteiger partial charge is 0.245 e. The van der Waals surface area contributed by atoms with Crippen molar-refractivity contribution in [2.45, 2.75) is 24.3 Å². The predicted molar refractivity (Wildman–Crippen MR) is 132 cm³/mol. The fourth-order valence-corrected chi connectivity index (χ4v) is 6.94. The van der Waals surface area contributed by atoms with Crippen molar-refractivity contribution in [3.8, 4) is 0 Å². The molecule has 1 fully saturated rings. The first kappa shape index (κ1) is 23.9. The highest BCUT2D eigenvalue weighted by molar-refractivity contribution is 7.89. The summed E-state index contributed by atoms with van der Waals surface area (Å²) in [5.74, 6) is -0.747. The Morgan fingerprint density at radius 3 is 2.66 bits per heavy atom. The summed E-state index contributed by atoms with van der Waals surface area (Å²) in [4.78, 5) is 19.5. The Morgan fingerprint density at radius 1 is 1.17 bits per heavy atom. The molecule has 0 spiro atoms. The van der Waals surface area contributed by atoms with E-state index in [1.165, 1.54) is 33.8 Å². The number of hydrogen-bond acceptors (Lipinski definition) is 6. The largest absolute Gasteiger partial charge is 0.467 e. The molecule has 3 heterocycles. The minimum atomic E-state index is -3.98. The van der Waals surface area contributed by atoms with Crippen molar-refractivity contribution in [3.05, 3.63) is 77.5 Å². The van der Waals surface area contributed by atoms with Crippen molar-refractivity contribution >= 4 is 54.2 Å². The van der Waals surface area contributed by atoms with Crippen LogP contribution in [0.5, 0.6) is 0 Å². The lowest BCUT2D eigenvalue weighted by molar-refractivity contribution is -0.123. The zero-order chi connectivity index (χ0) is 24.6. The van der Waals surface area contributed by atoms with Gasteiger partial charge in [-0.2, -0.15) is 4.31 Å². The van der Waals surface area contributed by atoms with Crippen LogP contribution in [0.25, 0.3) is 10.2 Å². The van der Waals surface area contributed by atoms with Gasteiger partial charge in [-0.25, -0.2) is 17.8 Å². The van der Waals surface area contributed by atoms with E-state index in [2.05, 4.69) is 4.98 Å². The van der Waals surface area contributed by atoms with Gasteiger partial charge in [0.1, 0.15) is 16.5 Å². The van der Waals surface area contributed by atoms with E-state index < -0.39 is 21.8 Å². The summed E-state index contributed by atoms with van der Waals surface area (Å²) in [6, 6.07) is 14.2. The standard InChI is InChI=1S/C24H21ClFN3O4S2/c25-17-7-8-20-21(14-17)34-24(27-20)29(15-18-4-3-13-33-18)23(30)16-9-11-28(12-10-16)35(31,32)22-6-2-1-5-19(22)26/h1-8,13-14,16H,9-12,15H2. The lowest BCUT2D eigenvalue weighted by atomic mass is 9.96. The number of rotatable bonds is 6. The second-order valence-corrected chi connectivity index (χ2v) is 11.6. The number of furan rings is 1. The monoisotopic (exact) mass is 533 g/mol. The van der Waals surface area contributed by atoms with E-state index in [4.69, 9.17) is 16.0 Å². The van der Waals surface area contributed by atoms with Crippen LogP contribution in [0.1, 0.15) is 18.6 Å². The topological polar surface area (TPSA) is 83.7 Å². The molecule has 1 saturated heterocycles. The zero-order valence-corrected chi connectivity index (χ0v) is 20.8. The van der Waals surface area contributed by atoms with Crippen LogP contribution in [0.3, 0.4) is 0 Å². The lowest BCUT2D eigenvalue weighted by Gasteiger charge is -2.32. The number of fused-ring (bicyclic) bond motifs is 1. The zero-order valence-electron chi connectivity index (χ0n) is 18.4. The van der Waals surface area contributed by atoms with Gasteiger partial charge in [0, 0.05) is 24.0 Å². The fourth-order valence-electron chi connectivity index (χ4n) is 4.16. The molecular weight excluding hydrogens is 513 g/mol. The van der Waals surface area contributed by atoms with E-state index in [0.29, 0.717) is 28.8 Å². The number of halogens is 2. The van der Waals surface area contributed by atoms with Crippen LogP contribution in [-0.2, 0) is 21.4 Å². The molecule has 1 aliphatic heterocycles. The molecule has 7 nitrogen and oxygen atoms in total. The number of sulfonamides is 1. The first-order valence-electron chi connectivity index (χ1n) is 11.0. The minimum absolute atomic E-state index is 0.122. The van der Waals surface area contributed by atoms with Gasteiger partial charge >= 0.3 is 0 Å². The lowest BCUT2D eigenvalue weighted by Crippen LogP contribution is -2.44. The highest BCUT2D eigenvalue weighted by Crippen LogP contribution is 2.34. The highest BCUT2D eigenvalue weighted by atomic mass is 35.5. The summed E-state index contributed by atoms with van der Waals surface area (Å²) in [6.07, 6.45) is 2.18. The Morgan fingerprint density at radius 2 is 1.94 bits per heavy atom. The van der Waals surface area contributed by atoms with Crippen molar-refractivity contribution < 1.29 is 22.0 Å². The maximum Gasteiger partial charge on any atom is 0.245 e. The first-order chi connectivity index (χ1) is 16.8. The number of thiazole rings is 1. The van der Waals surface area contributed by atoms with E-state index in [1.54, 1.807) is 41.5 Å². The predicted octanol–water partition coefficient (Wildman–Crippen LogP) is 5.32. The van der Waals surface area contributed by atoms with Gasteiger partial charge in [0.2, 0.25) is 15.9 Å². The van der Waals surface area contributed by atoms with E-state index in [0.717, 1.165) is 16.3 Å². The van der Waals surface area contributed by atoms with Crippen LogP contribution in [0.4, 0.5) is 9.52 Å². The van der Waals surface area contributed by atoms with Crippen molar-refractivity contribution in [2.24, 2.45) is 5.92 Å². The number of hydrogen-bond donors (Lipinski definition) is 0. The van der Waals surface area contributed by atoms with Gasteiger partial charge in [-0.3, -0.25) is 9.69 Å². The summed E-state index contributed by atoms with van der Waals surface area (Å²) in [5, 5.41) is 1.10. The van der Waals surface area contributed by atoms with Crippen molar-refractivity contribution in [1.29, 1.82) is 0 Å². The van der Waals surface area contributed by atoms with Crippen LogP contribution >= 0.6 is 22.9 Å². The number of carbonyl (C=O) groups excluding carboxylic acids is 1. The molecule has 0 bridgehead atoms. The first-order valence-corrected chi connectivity index (χ1v) is 13.6. The summed E-state index contributed by atoms with van der Waals surface area (Å²) in [7, 11) is -3.98. The second-order valence-electron chi connectivity index (χ2n) is 8.22. The van der Waals surface area contributed by atoms with Gasteiger partial charge in [-0.15, -0.1) is 0 Å². The Bertz CT molecular complexity index is 1470. The molecule has 35 heavy (non-hydrogen) atoms. The number of aromatic nitrogens is 1. The third-order valence-corrected chi connectivity index (χ3v) is 9.20. The molecule has 2 aromatic heterocycles. The molecule has 0 saturated carbocycles. The maximum atomic E-state index is 14.1. The van der Waals surface area contributed by atoms with Gasteiger partial charge in [0.15, 0.2) is 5.13 Å². The van der Waals surface area contributed by atoms with Crippen molar-refractivity contribution in [3.63, 3.8) is 0 Å². The number of benzene rings is 2. The molecular formula is C24H21ClFN3O4S2. The van der Waals surface area contributed by atoms with Crippen LogP contribution in [0.15, 0.2) is 70.2 Å². The van der Waals surface area contributed by atoms with E-state index in [1.807, 2.05) is 0 Å². The molecule has 0 N–H and O–H groups in total.